The Balaban J connectivity index is 2.07. The molecule has 222 valence electrons. The van der Waals surface area contributed by atoms with Crippen LogP contribution in [0.25, 0.3) is 5.69 Å². The summed E-state index contributed by atoms with van der Waals surface area (Å²) in [6.45, 7) is 6.06. The van der Waals surface area contributed by atoms with Crippen LogP contribution in [0.15, 0.2) is 54.7 Å². The molecule has 1 aromatic heterocycles. The van der Waals surface area contributed by atoms with E-state index in [0.717, 1.165) is 23.8 Å². The summed E-state index contributed by atoms with van der Waals surface area (Å²) in [6.07, 6.45) is 2.19. The lowest BCUT2D eigenvalue weighted by atomic mass is 9.81. The lowest BCUT2D eigenvalue weighted by molar-refractivity contribution is -0.140. The second-order valence-electron chi connectivity index (χ2n) is 11.0. The second-order valence-corrected chi connectivity index (χ2v) is 11.0. The number of nitrogens with zero attached hydrogens (tertiary/aromatic N) is 3. The molecule has 0 saturated heterocycles. The number of hydrogen-bond acceptors (Lipinski definition) is 6. The normalized spacial score (nSPS) is 13.1. The monoisotopic (exact) mass is 570 g/mol. The predicted octanol–water partition coefficient (Wildman–Crippen LogP) is 2.70. The summed E-state index contributed by atoms with van der Waals surface area (Å²) in [6, 6.07) is 11.1. The second kappa shape index (κ2) is 14.3. The van der Waals surface area contributed by atoms with Crippen molar-refractivity contribution in [3.05, 3.63) is 83.2 Å². The molecular weight excluding hydrogens is 530 g/mol. The number of aromatic nitrogens is 2. The molecule has 0 radical (unpaired) electrons. The summed E-state index contributed by atoms with van der Waals surface area (Å²) in [4.78, 5) is 27.2. The fourth-order valence-electron chi connectivity index (χ4n) is 4.75. The van der Waals surface area contributed by atoms with Crippen molar-refractivity contribution in [1.82, 2.24) is 25.3 Å². The van der Waals surface area contributed by atoms with Crippen LogP contribution in [0.3, 0.4) is 0 Å². The van der Waals surface area contributed by atoms with Crippen LogP contribution in [-0.2, 0) is 16.0 Å². The molecule has 0 fully saturated rings. The van der Waals surface area contributed by atoms with Gasteiger partial charge in [-0.05, 0) is 36.6 Å². The van der Waals surface area contributed by atoms with Crippen LogP contribution in [-0.4, -0.2) is 70.9 Å². The molecule has 2 aromatic carbocycles. The number of aliphatic hydroxyl groups excluding tert-OH is 1. The molecule has 0 saturated carbocycles. The van der Waals surface area contributed by atoms with Crippen LogP contribution in [0.5, 0.6) is 0 Å². The predicted molar refractivity (Wildman–Crippen MR) is 153 cm³/mol. The number of nitrogens with one attached hydrogen (secondary N) is 2. The SMILES string of the molecule is CNCCNC(=O)[C@@H](N)CCN(C(=O)CO)[C@@H](c1nn(-c2cc(F)ccc2F)cc1Cc1ccccc1)C(C)(C)C. The molecule has 11 heteroatoms. The van der Waals surface area contributed by atoms with Gasteiger partial charge in [0.15, 0.2) is 0 Å². The first-order chi connectivity index (χ1) is 19.5. The number of rotatable bonds is 13. The molecule has 1 heterocycles. The lowest BCUT2D eigenvalue weighted by Gasteiger charge is -2.40. The highest BCUT2D eigenvalue weighted by Gasteiger charge is 2.38. The summed E-state index contributed by atoms with van der Waals surface area (Å²) < 4.78 is 30.2. The minimum Gasteiger partial charge on any atom is -0.387 e. The smallest absolute Gasteiger partial charge is 0.248 e. The zero-order chi connectivity index (χ0) is 30.2. The van der Waals surface area contributed by atoms with E-state index in [0.29, 0.717) is 30.8 Å². The van der Waals surface area contributed by atoms with Gasteiger partial charge in [-0.1, -0.05) is 51.1 Å². The fourth-order valence-corrected chi connectivity index (χ4v) is 4.75. The molecular formula is C30H40F2N6O3. The number of carbonyl (C=O) groups is 2. The Morgan fingerprint density at radius 1 is 1.12 bits per heavy atom. The number of aliphatic hydroxyl groups is 1. The number of benzene rings is 2. The van der Waals surface area contributed by atoms with Crippen molar-refractivity contribution < 1.29 is 23.5 Å². The Morgan fingerprint density at radius 2 is 1.83 bits per heavy atom. The molecule has 3 rings (SSSR count). The van der Waals surface area contributed by atoms with Crippen molar-refractivity contribution in [2.24, 2.45) is 11.1 Å². The van der Waals surface area contributed by atoms with Crippen molar-refractivity contribution in [1.29, 1.82) is 0 Å². The third-order valence-corrected chi connectivity index (χ3v) is 6.75. The molecule has 0 unspecified atom stereocenters. The summed E-state index contributed by atoms with van der Waals surface area (Å²) in [5, 5.41) is 20.3. The summed E-state index contributed by atoms with van der Waals surface area (Å²) in [5.74, 6) is -2.18. The first-order valence-electron chi connectivity index (χ1n) is 13.6. The molecule has 0 bridgehead atoms. The zero-order valence-electron chi connectivity index (χ0n) is 24.0. The molecule has 0 aliphatic carbocycles. The maximum Gasteiger partial charge on any atom is 0.248 e. The Hall–Kier alpha value is -3.67. The minimum atomic E-state index is -0.885. The van der Waals surface area contributed by atoms with Gasteiger partial charge in [-0.3, -0.25) is 9.59 Å². The maximum absolute atomic E-state index is 14.8. The van der Waals surface area contributed by atoms with E-state index in [4.69, 9.17) is 10.8 Å². The van der Waals surface area contributed by atoms with Gasteiger partial charge in [-0.15, -0.1) is 0 Å². The standard InChI is InChI=1S/C30H40F2N6O3/c1-30(2,3)28(37(26(40)19-39)15-12-24(33)29(41)35-14-13-34-4)27-21(16-20-8-6-5-7-9-20)18-38(36-27)25-17-22(31)10-11-23(25)32/h5-11,17-18,24,28,34,39H,12-16,19,33H2,1-4H3,(H,35,41)/t24-,28-/m0/s1. The molecule has 9 nitrogen and oxygen atoms in total. The van der Waals surface area contributed by atoms with E-state index in [2.05, 4.69) is 10.6 Å². The van der Waals surface area contributed by atoms with Crippen LogP contribution in [0.2, 0.25) is 0 Å². The number of nitrogens with two attached hydrogens (primary N) is 1. The number of likely N-dealkylation sites (N-methyl/N-ethyl adjacent to an activating group) is 1. The average Bonchev–Trinajstić information content (AvgIpc) is 3.33. The average molecular weight is 571 g/mol. The topological polar surface area (TPSA) is 126 Å². The van der Waals surface area contributed by atoms with Crippen LogP contribution < -0.4 is 16.4 Å². The van der Waals surface area contributed by atoms with Crippen LogP contribution >= 0.6 is 0 Å². The molecule has 3 aromatic rings. The Kier molecular flexibility index (Phi) is 11.1. The zero-order valence-corrected chi connectivity index (χ0v) is 24.0. The van der Waals surface area contributed by atoms with Gasteiger partial charge in [0.05, 0.1) is 17.8 Å². The summed E-state index contributed by atoms with van der Waals surface area (Å²) in [5.41, 5.74) is 7.59. The Labute approximate surface area is 239 Å². The Bertz CT molecular complexity index is 1310. The van der Waals surface area contributed by atoms with Crippen molar-refractivity contribution in [3.63, 3.8) is 0 Å². The van der Waals surface area contributed by atoms with Crippen LogP contribution in [0.1, 0.15) is 50.1 Å². The van der Waals surface area contributed by atoms with Crippen molar-refractivity contribution in [2.75, 3.05) is 33.3 Å². The maximum atomic E-state index is 14.8. The Morgan fingerprint density at radius 3 is 2.46 bits per heavy atom. The molecule has 2 atom stereocenters. The first-order valence-corrected chi connectivity index (χ1v) is 13.6. The van der Waals surface area contributed by atoms with E-state index in [-0.39, 0.29) is 24.6 Å². The van der Waals surface area contributed by atoms with Crippen molar-refractivity contribution >= 4 is 11.8 Å². The summed E-state index contributed by atoms with van der Waals surface area (Å²) in [7, 11) is 1.77. The van der Waals surface area contributed by atoms with E-state index >= 15 is 0 Å². The molecule has 0 spiro atoms. The molecule has 41 heavy (non-hydrogen) atoms. The highest BCUT2D eigenvalue weighted by atomic mass is 19.1. The van der Waals surface area contributed by atoms with Crippen LogP contribution in [0, 0.1) is 17.0 Å². The highest BCUT2D eigenvalue weighted by Crippen LogP contribution is 2.40. The highest BCUT2D eigenvalue weighted by molar-refractivity contribution is 5.81. The summed E-state index contributed by atoms with van der Waals surface area (Å²) >= 11 is 0. The number of hydrogen-bond donors (Lipinski definition) is 4. The van der Waals surface area contributed by atoms with Gasteiger partial charge in [0, 0.05) is 43.9 Å². The molecule has 2 amide bonds. The van der Waals surface area contributed by atoms with Gasteiger partial charge in [0.1, 0.15) is 23.9 Å². The number of carbonyl (C=O) groups excluding carboxylic acids is 2. The van der Waals surface area contributed by atoms with Gasteiger partial charge >= 0.3 is 0 Å². The number of halogens is 2. The van der Waals surface area contributed by atoms with E-state index in [9.17, 15) is 23.5 Å². The van der Waals surface area contributed by atoms with E-state index < -0.39 is 41.6 Å². The third kappa shape index (κ3) is 8.42. The first kappa shape index (κ1) is 31.9. The number of amides is 2. The molecule has 0 aliphatic rings. The fraction of sp³-hybridized carbons (Fsp3) is 0.433. The lowest BCUT2D eigenvalue weighted by Crippen LogP contribution is -2.48. The van der Waals surface area contributed by atoms with E-state index in [1.165, 1.54) is 9.58 Å². The molecule has 0 aliphatic heterocycles. The minimum absolute atomic E-state index is 0.0634. The quantitative estimate of drug-likeness (QED) is 0.234. The van der Waals surface area contributed by atoms with E-state index in [1.54, 1.807) is 13.2 Å². The van der Waals surface area contributed by atoms with Gasteiger partial charge in [0.2, 0.25) is 11.8 Å². The van der Waals surface area contributed by atoms with Crippen LogP contribution in [0.4, 0.5) is 8.78 Å². The van der Waals surface area contributed by atoms with Gasteiger partial charge < -0.3 is 26.4 Å². The largest absolute Gasteiger partial charge is 0.387 e. The van der Waals surface area contributed by atoms with Crippen molar-refractivity contribution in [2.45, 2.75) is 45.7 Å². The van der Waals surface area contributed by atoms with Gasteiger partial charge in [-0.25, -0.2) is 13.5 Å². The van der Waals surface area contributed by atoms with Gasteiger partial charge in [0.25, 0.3) is 0 Å². The van der Waals surface area contributed by atoms with Gasteiger partial charge in [-0.2, -0.15) is 5.10 Å². The van der Waals surface area contributed by atoms with Crippen molar-refractivity contribution in [3.8, 4) is 5.69 Å². The molecule has 5 N–H and O–H groups in total. The third-order valence-electron chi connectivity index (χ3n) is 6.75. The van der Waals surface area contributed by atoms with E-state index in [1.807, 2.05) is 51.1 Å².